The molecule has 0 aromatic heterocycles. The molecule has 0 aliphatic heterocycles. The molecule has 2 aromatic carbocycles. The maximum atomic E-state index is 13.6. The Morgan fingerprint density at radius 2 is 2.00 bits per heavy atom. The Morgan fingerprint density at radius 3 is 2.62 bits per heavy atom. The van der Waals surface area contributed by atoms with Gasteiger partial charge < -0.3 is 14.8 Å². The van der Waals surface area contributed by atoms with Crippen LogP contribution in [0.2, 0.25) is 0 Å². The summed E-state index contributed by atoms with van der Waals surface area (Å²) < 4.78 is 24.0. The predicted molar refractivity (Wildman–Crippen MR) is 93.3 cm³/mol. The first-order valence-electron chi connectivity index (χ1n) is 7.98. The van der Waals surface area contributed by atoms with Gasteiger partial charge in [-0.15, -0.1) is 0 Å². The molecule has 138 valence electrons. The van der Waals surface area contributed by atoms with Gasteiger partial charge >= 0.3 is 0 Å². The molecule has 0 radical (unpaired) electrons. The van der Waals surface area contributed by atoms with Crippen LogP contribution in [0, 0.1) is 15.9 Å². The monoisotopic (exact) mass is 362 g/mol. The van der Waals surface area contributed by atoms with Crippen molar-refractivity contribution < 1.29 is 23.6 Å². The topological polar surface area (TPSA) is 90.7 Å². The van der Waals surface area contributed by atoms with Crippen LogP contribution in [0.5, 0.6) is 11.5 Å². The fourth-order valence-electron chi connectivity index (χ4n) is 2.42. The Labute approximate surface area is 149 Å². The van der Waals surface area contributed by atoms with Gasteiger partial charge in [-0.2, -0.15) is 0 Å². The molecule has 0 saturated carbocycles. The number of ether oxygens (including phenoxy) is 2. The molecular weight excluding hydrogens is 343 g/mol. The van der Waals surface area contributed by atoms with Crippen LogP contribution < -0.4 is 14.8 Å². The number of hydrogen-bond donors (Lipinski definition) is 1. The Morgan fingerprint density at radius 1 is 1.27 bits per heavy atom. The normalized spacial score (nSPS) is 10.3. The fourth-order valence-corrected chi connectivity index (χ4v) is 2.42. The Kier molecular flexibility index (Phi) is 6.48. The van der Waals surface area contributed by atoms with Gasteiger partial charge in [0.2, 0.25) is 0 Å². The van der Waals surface area contributed by atoms with Gasteiger partial charge in [-0.25, -0.2) is 4.39 Å². The van der Waals surface area contributed by atoms with E-state index in [9.17, 15) is 19.3 Å². The lowest BCUT2D eigenvalue weighted by Gasteiger charge is -2.12. The third-order valence-electron chi connectivity index (χ3n) is 3.66. The average Bonchev–Trinajstić information content (AvgIpc) is 2.63. The highest BCUT2D eigenvalue weighted by Crippen LogP contribution is 2.34. The van der Waals surface area contributed by atoms with Crippen LogP contribution in [0.25, 0.3) is 0 Å². The van der Waals surface area contributed by atoms with Gasteiger partial charge in [0.1, 0.15) is 11.4 Å². The lowest BCUT2D eigenvalue weighted by Crippen LogP contribution is -2.26. The van der Waals surface area contributed by atoms with Gasteiger partial charge in [0, 0.05) is 12.6 Å². The summed E-state index contributed by atoms with van der Waals surface area (Å²) in [4.78, 5) is 23.0. The minimum Gasteiger partial charge on any atom is -0.493 e. The van der Waals surface area contributed by atoms with E-state index in [0.29, 0.717) is 12.2 Å². The van der Waals surface area contributed by atoms with Crippen LogP contribution in [0.3, 0.4) is 0 Å². The lowest BCUT2D eigenvalue weighted by atomic mass is 10.1. The number of methoxy groups -OCH3 is 1. The van der Waals surface area contributed by atoms with Crippen LogP contribution in [-0.2, 0) is 6.42 Å². The van der Waals surface area contributed by atoms with Gasteiger partial charge in [-0.05, 0) is 25.0 Å². The predicted octanol–water partition coefficient (Wildman–Crippen LogP) is 3.11. The molecule has 0 heterocycles. The second-order valence-corrected chi connectivity index (χ2v) is 5.31. The minimum atomic E-state index is -0.659. The van der Waals surface area contributed by atoms with Gasteiger partial charge in [-0.1, -0.05) is 18.2 Å². The number of halogens is 1. The summed E-state index contributed by atoms with van der Waals surface area (Å²) in [6.07, 6.45) is 0.264. The molecule has 7 nitrogen and oxygen atoms in total. The molecule has 0 aliphatic carbocycles. The maximum absolute atomic E-state index is 13.6. The zero-order valence-electron chi connectivity index (χ0n) is 14.5. The fraction of sp³-hybridized carbons (Fsp3) is 0.278. The number of nitro groups is 1. The number of amides is 1. The summed E-state index contributed by atoms with van der Waals surface area (Å²) in [7, 11) is 1.38. The maximum Gasteiger partial charge on any atom is 0.286 e. The molecule has 2 aromatic rings. The Bertz CT molecular complexity index is 810. The number of nitro benzene ring substituents is 1. The van der Waals surface area contributed by atoms with Crippen LogP contribution in [-0.4, -0.2) is 31.1 Å². The van der Waals surface area contributed by atoms with Crippen LogP contribution >= 0.6 is 0 Å². The second-order valence-electron chi connectivity index (χ2n) is 5.31. The molecule has 0 fully saturated rings. The molecule has 26 heavy (non-hydrogen) atoms. The first-order chi connectivity index (χ1) is 12.5. The number of rotatable bonds is 8. The summed E-state index contributed by atoms with van der Waals surface area (Å²) in [5, 5.41) is 13.9. The highest BCUT2D eigenvalue weighted by atomic mass is 19.1. The first kappa shape index (κ1) is 19.2. The number of carbonyl (C=O) groups excluding carboxylic acids is 1. The molecule has 1 N–H and O–H groups in total. The van der Waals surface area contributed by atoms with Crippen molar-refractivity contribution in [1.82, 2.24) is 5.32 Å². The molecule has 2 rings (SSSR count). The van der Waals surface area contributed by atoms with E-state index in [4.69, 9.17) is 9.47 Å². The van der Waals surface area contributed by atoms with Crippen molar-refractivity contribution >= 4 is 11.6 Å². The molecule has 0 aliphatic rings. The van der Waals surface area contributed by atoms with E-state index in [1.807, 2.05) is 0 Å². The van der Waals surface area contributed by atoms with Crippen molar-refractivity contribution in [3.8, 4) is 11.5 Å². The van der Waals surface area contributed by atoms with Crippen molar-refractivity contribution in [2.24, 2.45) is 0 Å². The number of carbonyl (C=O) groups is 1. The van der Waals surface area contributed by atoms with E-state index < -0.39 is 16.5 Å². The zero-order chi connectivity index (χ0) is 19.1. The van der Waals surface area contributed by atoms with Gasteiger partial charge in [0.25, 0.3) is 11.6 Å². The highest BCUT2D eigenvalue weighted by molar-refractivity contribution is 5.99. The largest absolute Gasteiger partial charge is 0.493 e. The number of hydrogen-bond acceptors (Lipinski definition) is 5. The summed E-state index contributed by atoms with van der Waals surface area (Å²) in [5.41, 5.74) is -0.0898. The van der Waals surface area contributed by atoms with E-state index in [-0.39, 0.29) is 35.8 Å². The van der Waals surface area contributed by atoms with Crippen LogP contribution in [0.15, 0.2) is 36.4 Å². The molecule has 0 saturated heterocycles. The van der Waals surface area contributed by atoms with E-state index in [0.717, 1.165) is 6.07 Å². The van der Waals surface area contributed by atoms with Gasteiger partial charge in [0.05, 0.1) is 24.7 Å². The molecule has 0 unspecified atom stereocenters. The van der Waals surface area contributed by atoms with E-state index in [1.165, 1.54) is 19.2 Å². The number of nitrogens with zero attached hydrogens (tertiary/aromatic N) is 1. The molecule has 0 atom stereocenters. The number of nitrogens with one attached hydrogen (secondary N) is 1. The molecule has 8 heteroatoms. The summed E-state index contributed by atoms with van der Waals surface area (Å²) in [6.45, 7) is 2.16. The first-order valence-corrected chi connectivity index (χ1v) is 7.98. The van der Waals surface area contributed by atoms with E-state index in [1.54, 1.807) is 25.1 Å². The molecule has 0 spiro atoms. The standard InChI is InChI=1S/C18H19FN2O5/c1-3-26-17-11-15(21(23)24)13(10-16(17)25-2)18(22)20-9-8-12-6-4-5-7-14(12)19/h4-7,10-11H,3,8-9H2,1-2H3,(H,20,22). The second kappa shape index (κ2) is 8.80. The molecule has 0 bridgehead atoms. The van der Waals surface area contributed by atoms with Gasteiger partial charge in [0.15, 0.2) is 11.5 Å². The third kappa shape index (κ3) is 4.47. The Hall–Kier alpha value is -3.16. The molecular formula is C18H19FN2O5. The molecule has 1 amide bonds. The summed E-state index contributed by atoms with van der Waals surface area (Å²) in [6, 6.07) is 8.65. The highest BCUT2D eigenvalue weighted by Gasteiger charge is 2.24. The van der Waals surface area contributed by atoms with Gasteiger partial charge in [-0.3, -0.25) is 14.9 Å². The van der Waals surface area contributed by atoms with Crippen molar-refractivity contribution in [3.05, 3.63) is 63.5 Å². The SMILES string of the molecule is CCOc1cc([N+](=O)[O-])c(C(=O)NCCc2ccccc2F)cc1OC. The van der Waals surface area contributed by atoms with Crippen molar-refractivity contribution in [1.29, 1.82) is 0 Å². The quantitative estimate of drug-likeness (QED) is 0.575. The summed E-state index contributed by atoms with van der Waals surface area (Å²) >= 11 is 0. The van der Waals surface area contributed by atoms with Crippen LogP contribution in [0.1, 0.15) is 22.8 Å². The lowest BCUT2D eigenvalue weighted by molar-refractivity contribution is -0.385. The number of benzene rings is 2. The average molecular weight is 362 g/mol. The smallest absolute Gasteiger partial charge is 0.286 e. The van der Waals surface area contributed by atoms with E-state index in [2.05, 4.69) is 5.32 Å². The van der Waals surface area contributed by atoms with Crippen molar-refractivity contribution in [2.45, 2.75) is 13.3 Å². The van der Waals surface area contributed by atoms with Crippen molar-refractivity contribution in [3.63, 3.8) is 0 Å². The van der Waals surface area contributed by atoms with Crippen LogP contribution in [0.4, 0.5) is 10.1 Å². The third-order valence-corrected chi connectivity index (χ3v) is 3.66. The zero-order valence-corrected chi connectivity index (χ0v) is 14.5. The Balaban J connectivity index is 2.18. The van der Waals surface area contributed by atoms with E-state index >= 15 is 0 Å². The minimum absolute atomic E-state index is 0.131. The summed E-state index contributed by atoms with van der Waals surface area (Å²) in [5.74, 6) is -0.605. The van der Waals surface area contributed by atoms with Crippen molar-refractivity contribution in [2.75, 3.05) is 20.3 Å².